The summed E-state index contributed by atoms with van der Waals surface area (Å²) in [4.78, 5) is 31.7. The Morgan fingerprint density at radius 2 is 1.70 bits per heavy atom. The van der Waals surface area contributed by atoms with Crippen molar-refractivity contribution in [3.8, 4) is 11.1 Å². The van der Waals surface area contributed by atoms with Crippen LogP contribution >= 0.6 is 0 Å². The van der Waals surface area contributed by atoms with E-state index in [1.54, 1.807) is 4.57 Å². The molecular weight excluding hydrogens is 342 g/mol. The number of aromatic carboxylic acids is 1. The van der Waals surface area contributed by atoms with Gasteiger partial charge in [0.05, 0.1) is 5.39 Å². The molecule has 0 atom stereocenters. The second-order valence-electron chi connectivity index (χ2n) is 6.13. The molecule has 0 amide bonds. The monoisotopic (exact) mass is 357 g/mol. The molecule has 0 bridgehead atoms. The van der Waals surface area contributed by atoms with Gasteiger partial charge in [-0.15, -0.1) is 0 Å². The zero-order chi connectivity index (χ0) is 18.8. The Balaban J connectivity index is 1.74. The van der Waals surface area contributed by atoms with Crippen LogP contribution in [0.5, 0.6) is 0 Å². The van der Waals surface area contributed by atoms with Gasteiger partial charge in [0, 0.05) is 18.9 Å². The number of rotatable bonds is 4. The normalized spacial score (nSPS) is 10.8. The summed E-state index contributed by atoms with van der Waals surface area (Å²) < 4.78 is 1.67. The van der Waals surface area contributed by atoms with Crippen LogP contribution in [0.25, 0.3) is 22.2 Å². The highest BCUT2D eigenvalue weighted by Crippen LogP contribution is 2.20. The van der Waals surface area contributed by atoms with Gasteiger partial charge in [-0.2, -0.15) is 0 Å². The minimum absolute atomic E-state index is 0.193. The van der Waals surface area contributed by atoms with E-state index in [1.165, 1.54) is 18.7 Å². The zero-order valence-corrected chi connectivity index (χ0v) is 14.2. The van der Waals surface area contributed by atoms with Gasteiger partial charge in [-0.25, -0.2) is 14.8 Å². The number of hydrogen-bond donors (Lipinski definition) is 1. The summed E-state index contributed by atoms with van der Waals surface area (Å²) in [5, 5.41) is 9.52. The summed E-state index contributed by atoms with van der Waals surface area (Å²) in [7, 11) is 0. The van der Waals surface area contributed by atoms with Gasteiger partial charge in [0.1, 0.15) is 17.5 Å². The van der Waals surface area contributed by atoms with Crippen LogP contribution < -0.4 is 5.43 Å². The molecule has 0 unspecified atom stereocenters. The fourth-order valence-electron chi connectivity index (χ4n) is 3.04. The summed E-state index contributed by atoms with van der Waals surface area (Å²) in [5.41, 5.74) is 2.73. The van der Waals surface area contributed by atoms with E-state index < -0.39 is 11.4 Å². The molecule has 0 fully saturated rings. The third-order valence-electron chi connectivity index (χ3n) is 4.38. The highest BCUT2D eigenvalue weighted by Gasteiger charge is 2.15. The van der Waals surface area contributed by atoms with Crippen LogP contribution in [-0.4, -0.2) is 25.6 Å². The van der Waals surface area contributed by atoms with Crippen molar-refractivity contribution >= 4 is 17.0 Å². The maximum absolute atomic E-state index is 12.3. The first-order chi connectivity index (χ1) is 13.1. The van der Waals surface area contributed by atoms with E-state index in [0.29, 0.717) is 12.2 Å². The third-order valence-corrected chi connectivity index (χ3v) is 4.38. The maximum atomic E-state index is 12.3. The lowest BCUT2D eigenvalue weighted by atomic mass is 10.0. The number of aromatic nitrogens is 3. The summed E-state index contributed by atoms with van der Waals surface area (Å²) in [5.74, 6) is -1.26. The number of carbonyl (C=O) groups is 1. The highest BCUT2D eigenvalue weighted by atomic mass is 16.4. The van der Waals surface area contributed by atoms with E-state index in [-0.39, 0.29) is 10.9 Å². The quantitative estimate of drug-likeness (QED) is 0.606. The van der Waals surface area contributed by atoms with Crippen LogP contribution in [0.15, 0.2) is 78.1 Å². The zero-order valence-electron chi connectivity index (χ0n) is 14.2. The molecule has 4 rings (SSSR count). The lowest BCUT2D eigenvalue weighted by Crippen LogP contribution is -2.20. The van der Waals surface area contributed by atoms with Gasteiger partial charge >= 0.3 is 5.97 Å². The molecule has 0 spiro atoms. The van der Waals surface area contributed by atoms with Crippen molar-refractivity contribution in [1.29, 1.82) is 0 Å². The molecule has 2 heterocycles. The van der Waals surface area contributed by atoms with Crippen molar-refractivity contribution in [3.63, 3.8) is 0 Å². The van der Waals surface area contributed by atoms with Gasteiger partial charge < -0.3 is 9.67 Å². The molecule has 4 aromatic rings. The van der Waals surface area contributed by atoms with E-state index in [1.807, 2.05) is 54.6 Å². The Kier molecular flexibility index (Phi) is 4.22. The van der Waals surface area contributed by atoms with Crippen molar-refractivity contribution < 1.29 is 9.90 Å². The fraction of sp³-hybridized carbons (Fsp3) is 0.0476. The number of fused-ring (bicyclic) bond motifs is 1. The first-order valence-corrected chi connectivity index (χ1v) is 8.34. The summed E-state index contributed by atoms with van der Waals surface area (Å²) in [6.45, 7) is 0.392. The second-order valence-corrected chi connectivity index (χ2v) is 6.13. The van der Waals surface area contributed by atoms with Crippen molar-refractivity contribution in [3.05, 3.63) is 94.7 Å². The van der Waals surface area contributed by atoms with E-state index in [2.05, 4.69) is 9.97 Å². The van der Waals surface area contributed by atoms with Crippen LogP contribution in [0.1, 0.15) is 15.9 Å². The number of pyridine rings is 1. The molecule has 0 aliphatic heterocycles. The molecule has 0 saturated heterocycles. The molecule has 27 heavy (non-hydrogen) atoms. The first-order valence-electron chi connectivity index (χ1n) is 8.34. The van der Waals surface area contributed by atoms with E-state index in [4.69, 9.17) is 0 Å². The predicted molar refractivity (Wildman–Crippen MR) is 102 cm³/mol. The average molecular weight is 357 g/mol. The Bertz CT molecular complexity index is 1180. The van der Waals surface area contributed by atoms with Gasteiger partial charge in [-0.05, 0) is 16.7 Å². The Morgan fingerprint density at radius 3 is 2.41 bits per heavy atom. The largest absolute Gasteiger partial charge is 0.477 e. The van der Waals surface area contributed by atoms with Crippen LogP contribution in [0.3, 0.4) is 0 Å². The van der Waals surface area contributed by atoms with Gasteiger partial charge in [0.15, 0.2) is 0 Å². The average Bonchev–Trinajstić information content (AvgIpc) is 2.71. The van der Waals surface area contributed by atoms with E-state index >= 15 is 0 Å². The summed E-state index contributed by atoms with van der Waals surface area (Å²) in [6.07, 6.45) is 4.04. The van der Waals surface area contributed by atoms with Gasteiger partial charge in [0.2, 0.25) is 5.43 Å². The standard InChI is InChI=1S/C21H15N3O3/c25-19-17-10-22-13-23-20(17)24(12-18(19)21(26)27)11-14-6-8-16(9-7-14)15-4-2-1-3-5-15/h1-10,12-13H,11H2,(H,26,27). The summed E-state index contributed by atoms with van der Waals surface area (Å²) >= 11 is 0. The van der Waals surface area contributed by atoms with Gasteiger partial charge in [0.25, 0.3) is 0 Å². The molecule has 6 heteroatoms. The SMILES string of the molecule is O=C(O)c1cn(Cc2ccc(-c3ccccc3)cc2)c2ncncc2c1=O. The smallest absolute Gasteiger partial charge is 0.341 e. The van der Waals surface area contributed by atoms with Crippen molar-refractivity contribution in [2.24, 2.45) is 0 Å². The van der Waals surface area contributed by atoms with Crippen LogP contribution in [0.4, 0.5) is 0 Å². The second kappa shape index (κ2) is 6.84. The molecule has 0 saturated carbocycles. The van der Waals surface area contributed by atoms with Gasteiger partial charge in [-0.1, -0.05) is 54.6 Å². The Labute approximate surface area is 154 Å². The molecule has 0 radical (unpaired) electrons. The Hall–Kier alpha value is -3.80. The molecule has 132 valence electrons. The van der Waals surface area contributed by atoms with Gasteiger partial charge in [-0.3, -0.25) is 4.79 Å². The Morgan fingerprint density at radius 1 is 1.00 bits per heavy atom. The van der Waals surface area contributed by atoms with Crippen LogP contribution in [0.2, 0.25) is 0 Å². The van der Waals surface area contributed by atoms with Crippen molar-refractivity contribution in [1.82, 2.24) is 14.5 Å². The third kappa shape index (κ3) is 3.20. The number of carboxylic acid groups (broad SMARTS) is 1. The molecule has 1 N–H and O–H groups in total. The topological polar surface area (TPSA) is 85.1 Å². The van der Waals surface area contributed by atoms with Crippen molar-refractivity contribution in [2.45, 2.75) is 6.54 Å². The first kappa shape index (κ1) is 16.7. The fourth-order valence-corrected chi connectivity index (χ4v) is 3.04. The molecule has 0 aliphatic rings. The lowest BCUT2D eigenvalue weighted by Gasteiger charge is -2.12. The van der Waals surface area contributed by atoms with Crippen LogP contribution in [0, 0.1) is 0 Å². The van der Waals surface area contributed by atoms with E-state index in [0.717, 1.165) is 16.7 Å². The number of hydrogen-bond acceptors (Lipinski definition) is 4. The minimum Gasteiger partial charge on any atom is -0.477 e. The van der Waals surface area contributed by atoms with Crippen LogP contribution in [-0.2, 0) is 6.54 Å². The molecule has 2 aromatic carbocycles. The molecule has 0 aliphatic carbocycles. The summed E-state index contributed by atoms with van der Waals surface area (Å²) in [6, 6.07) is 18.0. The van der Waals surface area contributed by atoms with Crippen molar-refractivity contribution in [2.75, 3.05) is 0 Å². The minimum atomic E-state index is -1.26. The molecule has 6 nitrogen and oxygen atoms in total. The maximum Gasteiger partial charge on any atom is 0.341 e. The molecular formula is C21H15N3O3. The predicted octanol–water partition coefficient (Wildman–Crippen LogP) is 3.21. The number of benzene rings is 2. The number of carboxylic acids is 1. The molecule has 2 aromatic heterocycles. The lowest BCUT2D eigenvalue weighted by molar-refractivity contribution is 0.0695. The highest BCUT2D eigenvalue weighted by molar-refractivity contribution is 5.91. The number of nitrogens with zero attached hydrogens (tertiary/aromatic N) is 3. The van der Waals surface area contributed by atoms with E-state index in [9.17, 15) is 14.7 Å².